The fourth-order valence-corrected chi connectivity index (χ4v) is 9.36. The number of hydrogen-bond acceptors (Lipinski definition) is 7. The Balaban J connectivity index is 1.61. The Hall–Kier alpha value is -2.84. The fourth-order valence-electron chi connectivity index (χ4n) is 7.84. The van der Waals surface area contributed by atoms with Crippen molar-refractivity contribution in [2.75, 3.05) is 12.3 Å². The molecule has 0 unspecified atom stereocenters. The highest BCUT2D eigenvalue weighted by atomic mass is 32.2. The Labute approximate surface area is 308 Å². The minimum absolute atomic E-state index is 0.0681. The first kappa shape index (κ1) is 41.9. The van der Waals surface area contributed by atoms with Gasteiger partial charge >= 0.3 is 6.03 Å². The molecule has 4 atom stereocenters. The van der Waals surface area contributed by atoms with E-state index in [-0.39, 0.29) is 43.0 Å². The topological polar surface area (TPSA) is 171 Å². The third-order valence-corrected chi connectivity index (χ3v) is 14.2. The number of halogens is 2. The zero-order valence-electron chi connectivity index (χ0n) is 31.7. The standard InChI is InChI=1S/C37H61F2N5O7S/c1-24(2)26-17-22-44-29(26)31(46)41-27(30(45)32(47)40-25-14-15-25)16-21-37(38,39)20-12-7-6-9-13-28(33(44)48)42-34(49)43-36(18-10-8-11-19-36)23-52(50,51)35(3,4)5/h24-29H,6-23H2,1-5H3,(H,40,47)(H,41,46)(H2,42,43,49)/t26-,27+,28+,29+/m1/s1. The Morgan fingerprint density at radius 1 is 0.865 bits per heavy atom. The smallest absolute Gasteiger partial charge is 0.315 e. The zero-order chi connectivity index (χ0) is 38.5. The minimum atomic E-state index is -3.61. The SMILES string of the molecule is CC(C)[C@H]1CCN2C(=O)[C@@H](NC(=O)NC3(CS(=O)(=O)C(C)(C)C)CCCCC3)CCCCCCC(F)(F)CC[C@@H](C(=O)C(=O)NC3CC3)NC(=O)[C@H]12. The molecule has 4 N–H and O–H groups in total. The first-order valence-corrected chi connectivity index (χ1v) is 21.0. The van der Waals surface area contributed by atoms with E-state index < -0.39 is 93.0 Å². The number of hydrogen-bond donors (Lipinski definition) is 4. The van der Waals surface area contributed by atoms with Crippen LogP contribution in [0.4, 0.5) is 13.6 Å². The normalized spacial score (nSPS) is 28.0. The average molecular weight is 758 g/mol. The van der Waals surface area contributed by atoms with E-state index >= 15 is 8.78 Å². The lowest BCUT2D eigenvalue weighted by Crippen LogP contribution is -2.62. The van der Waals surface area contributed by atoms with Crippen LogP contribution in [-0.4, -0.2) is 95.5 Å². The molecule has 5 amide bonds. The molecular weight excluding hydrogens is 696 g/mol. The maximum atomic E-state index is 15.0. The van der Waals surface area contributed by atoms with Crippen LogP contribution in [0.5, 0.6) is 0 Å². The van der Waals surface area contributed by atoms with E-state index in [1.54, 1.807) is 20.8 Å². The van der Waals surface area contributed by atoms with Crippen LogP contribution in [0.25, 0.3) is 0 Å². The maximum Gasteiger partial charge on any atom is 0.315 e. The number of Topliss-reactive ketones (excluding diaryl/α,β-unsaturated/α-hetero) is 1. The largest absolute Gasteiger partial charge is 0.347 e. The third-order valence-electron chi connectivity index (χ3n) is 11.4. The van der Waals surface area contributed by atoms with Crippen LogP contribution in [0, 0.1) is 11.8 Å². The van der Waals surface area contributed by atoms with Crippen molar-refractivity contribution in [3.63, 3.8) is 0 Å². The van der Waals surface area contributed by atoms with Gasteiger partial charge in [-0.2, -0.15) is 0 Å². The monoisotopic (exact) mass is 757 g/mol. The van der Waals surface area contributed by atoms with Crippen molar-refractivity contribution in [2.24, 2.45) is 11.8 Å². The van der Waals surface area contributed by atoms with Crippen LogP contribution in [-0.2, 0) is 29.0 Å². The van der Waals surface area contributed by atoms with Crippen LogP contribution >= 0.6 is 0 Å². The second-order valence-electron chi connectivity index (χ2n) is 17.1. The summed E-state index contributed by atoms with van der Waals surface area (Å²) < 4.78 is 55.7. The van der Waals surface area contributed by atoms with Crippen LogP contribution in [0.15, 0.2) is 0 Å². The molecule has 2 saturated heterocycles. The van der Waals surface area contributed by atoms with Gasteiger partial charge in [0.25, 0.3) is 5.91 Å². The Kier molecular flexibility index (Phi) is 13.8. The molecular formula is C37H61F2N5O7S. The molecule has 0 bridgehead atoms. The Morgan fingerprint density at radius 3 is 2.10 bits per heavy atom. The molecule has 4 fully saturated rings. The van der Waals surface area contributed by atoms with Gasteiger partial charge < -0.3 is 26.2 Å². The van der Waals surface area contributed by atoms with E-state index in [9.17, 15) is 32.4 Å². The van der Waals surface area contributed by atoms with Crippen molar-refractivity contribution in [2.45, 2.75) is 178 Å². The minimum Gasteiger partial charge on any atom is -0.347 e. The van der Waals surface area contributed by atoms with Gasteiger partial charge in [0.05, 0.1) is 22.1 Å². The molecule has 52 heavy (non-hydrogen) atoms. The van der Waals surface area contributed by atoms with E-state index in [4.69, 9.17) is 0 Å². The van der Waals surface area contributed by atoms with E-state index in [2.05, 4.69) is 21.3 Å². The second-order valence-corrected chi connectivity index (χ2v) is 19.8. The number of nitrogens with zero attached hydrogens (tertiary/aromatic N) is 1. The molecule has 2 aliphatic heterocycles. The molecule has 0 aromatic heterocycles. The van der Waals surface area contributed by atoms with Gasteiger partial charge in [0.15, 0.2) is 9.84 Å². The highest BCUT2D eigenvalue weighted by Gasteiger charge is 2.47. The van der Waals surface area contributed by atoms with Crippen molar-refractivity contribution in [3.05, 3.63) is 0 Å². The summed E-state index contributed by atoms with van der Waals surface area (Å²) in [5.41, 5.74) is -1.01. The van der Waals surface area contributed by atoms with Crippen LogP contribution < -0.4 is 21.3 Å². The zero-order valence-corrected chi connectivity index (χ0v) is 32.5. The summed E-state index contributed by atoms with van der Waals surface area (Å²) in [6.45, 7) is 8.92. The van der Waals surface area contributed by atoms with Crippen LogP contribution in [0.2, 0.25) is 0 Å². The summed E-state index contributed by atoms with van der Waals surface area (Å²) >= 11 is 0. The summed E-state index contributed by atoms with van der Waals surface area (Å²) in [5, 5.41) is 11.0. The summed E-state index contributed by atoms with van der Waals surface area (Å²) in [4.78, 5) is 69.7. The van der Waals surface area contributed by atoms with Gasteiger partial charge in [-0.25, -0.2) is 22.0 Å². The highest BCUT2D eigenvalue weighted by Crippen LogP contribution is 2.35. The number of nitrogens with one attached hydrogen (secondary N) is 4. The number of fused-ring (bicyclic) bond motifs is 1. The molecule has 0 aromatic rings. The van der Waals surface area contributed by atoms with E-state index in [0.29, 0.717) is 51.4 Å². The lowest BCUT2D eigenvalue weighted by Gasteiger charge is -2.40. The summed E-state index contributed by atoms with van der Waals surface area (Å²) in [6.07, 6.45) is 5.54. The molecule has 0 spiro atoms. The number of sulfone groups is 1. The predicted molar refractivity (Wildman–Crippen MR) is 193 cm³/mol. The average Bonchev–Trinajstić information content (AvgIpc) is 3.74. The van der Waals surface area contributed by atoms with Gasteiger partial charge in [0, 0.05) is 25.4 Å². The molecule has 15 heteroatoms. The molecule has 0 aromatic carbocycles. The molecule has 0 radical (unpaired) electrons. The summed E-state index contributed by atoms with van der Waals surface area (Å²) in [5.74, 6) is -6.84. The number of alkyl halides is 2. The number of rotatable bonds is 8. The molecule has 4 aliphatic rings. The number of ketones is 1. The van der Waals surface area contributed by atoms with Gasteiger partial charge in [0.1, 0.15) is 12.1 Å². The fraction of sp³-hybridized carbons (Fsp3) is 0.865. The van der Waals surface area contributed by atoms with Crippen LogP contribution in [0.1, 0.15) is 137 Å². The first-order chi connectivity index (χ1) is 24.2. The Morgan fingerprint density at radius 2 is 1.48 bits per heavy atom. The lowest BCUT2D eigenvalue weighted by molar-refractivity contribution is -0.144. The number of carbonyl (C=O) groups excluding carboxylic acids is 5. The van der Waals surface area contributed by atoms with Crippen LogP contribution in [0.3, 0.4) is 0 Å². The predicted octanol–water partition coefficient (Wildman–Crippen LogP) is 4.55. The number of urea groups is 1. The van der Waals surface area contributed by atoms with E-state index in [0.717, 1.165) is 19.3 Å². The van der Waals surface area contributed by atoms with Crippen molar-refractivity contribution in [1.29, 1.82) is 0 Å². The van der Waals surface area contributed by atoms with Crippen molar-refractivity contribution in [1.82, 2.24) is 26.2 Å². The molecule has 4 rings (SSSR count). The molecule has 2 saturated carbocycles. The second kappa shape index (κ2) is 17.1. The van der Waals surface area contributed by atoms with Crippen molar-refractivity contribution < 1.29 is 41.2 Å². The van der Waals surface area contributed by atoms with Crippen molar-refractivity contribution >= 4 is 39.4 Å². The van der Waals surface area contributed by atoms with Gasteiger partial charge in [-0.3, -0.25) is 19.2 Å². The van der Waals surface area contributed by atoms with Crippen molar-refractivity contribution in [3.8, 4) is 0 Å². The van der Waals surface area contributed by atoms with Gasteiger partial charge in [-0.05, 0) is 84.0 Å². The summed E-state index contributed by atoms with van der Waals surface area (Å²) in [7, 11) is -3.61. The maximum absolute atomic E-state index is 15.0. The quantitative estimate of drug-likeness (QED) is 0.263. The number of carbonyl (C=O) groups is 5. The first-order valence-electron chi connectivity index (χ1n) is 19.4. The van der Waals surface area contributed by atoms with Gasteiger partial charge in [0.2, 0.25) is 23.5 Å². The Bertz CT molecular complexity index is 1420. The lowest BCUT2D eigenvalue weighted by atomic mass is 9.83. The summed E-state index contributed by atoms with van der Waals surface area (Å²) in [6, 6.07) is -4.45. The molecule has 2 aliphatic carbocycles. The van der Waals surface area contributed by atoms with E-state index in [1.165, 1.54) is 4.90 Å². The molecule has 2 heterocycles. The molecule has 12 nitrogen and oxygen atoms in total. The molecule has 296 valence electrons. The van der Waals surface area contributed by atoms with E-state index in [1.807, 2.05) is 13.8 Å². The van der Waals surface area contributed by atoms with Gasteiger partial charge in [-0.15, -0.1) is 0 Å². The third kappa shape index (κ3) is 11.1. The number of amides is 5. The highest BCUT2D eigenvalue weighted by molar-refractivity contribution is 7.92. The van der Waals surface area contributed by atoms with Gasteiger partial charge in [-0.1, -0.05) is 52.4 Å².